The fourth-order valence-electron chi connectivity index (χ4n) is 6.32. The van der Waals surface area contributed by atoms with Crippen molar-refractivity contribution in [2.75, 3.05) is 36.5 Å². The number of carbonyl (C=O) groups excluding carboxylic acids is 1. The van der Waals surface area contributed by atoms with E-state index < -0.39 is 55.3 Å². The highest BCUT2D eigenvalue weighted by molar-refractivity contribution is 7.89. The number of alkyl halides is 3. The van der Waals surface area contributed by atoms with Gasteiger partial charge in [0.1, 0.15) is 34.7 Å². The number of amides is 1. The number of imidazole rings is 1. The molecule has 1 aliphatic heterocycles. The first kappa shape index (κ1) is 40.3. The maximum absolute atomic E-state index is 14.5. The number of rotatable bonds is 10. The number of carbonyl (C=O) groups is 1. The molecule has 5 heterocycles. The number of ether oxygens (including phenoxy) is 3. The van der Waals surface area contributed by atoms with E-state index in [0.29, 0.717) is 67.6 Å². The van der Waals surface area contributed by atoms with Crippen LogP contribution < -0.4 is 15.0 Å². The molecule has 22 heteroatoms. The lowest BCUT2D eigenvalue weighted by atomic mass is 9.93. The first-order chi connectivity index (χ1) is 26.3. The molecule has 0 aromatic carbocycles. The van der Waals surface area contributed by atoms with E-state index >= 15 is 0 Å². The molecule has 4 aromatic rings. The molecule has 2 aliphatic rings. The summed E-state index contributed by atoms with van der Waals surface area (Å²) in [5.74, 6) is 0.161. The quantitative estimate of drug-likeness (QED) is 0.157. The second kappa shape index (κ2) is 15.6. The lowest BCUT2D eigenvalue weighted by Gasteiger charge is -2.31. The lowest BCUT2D eigenvalue weighted by molar-refractivity contribution is -0.396. The molecule has 1 unspecified atom stereocenters. The largest absolute Gasteiger partial charge is 0.474 e. The normalized spacial score (nSPS) is 18.7. The SMILES string of the molecule is CC(c1cn(C)c([N+](=O)[O-])n1)N(C(=O)OC(C)(C)C)S(=O)(=O)c1cnc2cc(N3CCOCC3)nc(OC3CCC(Nc4ncc(C(F)(F)F)cn4)CC3)c2c1. The van der Waals surface area contributed by atoms with Crippen LogP contribution in [0.3, 0.4) is 0 Å². The number of pyridine rings is 2. The van der Waals surface area contributed by atoms with Crippen LogP contribution in [-0.2, 0) is 32.7 Å². The molecule has 4 aromatic heterocycles. The van der Waals surface area contributed by atoms with Gasteiger partial charge in [0.05, 0.1) is 36.7 Å². The van der Waals surface area contributed by atoms with E-state index in [1.165, 1.54) is 26.2 Å². The van der Waals surface area contributed by atoms with Crippen LogP contribution >= 0.6 is 0 Å². The Hall–Kier alpha value is -5.38. The van der Waals surface area contributed by atoms with E-state index in [1.54, 1.807) is 26.8 Å². The third-order valence-electron chi connectivity index (χ3n) is 9.15. The highest BCUT2D eigenvalue weighted by Gasteiger charge is 2.41. The van der Waals surface area contributed by atoms with Gasteiger partial charge >= 0.3 is 18.2 Å². The molecule has 1 saturated heterocycles. The molecule has 1 aliphatic carbocycles. The molecule has 1 saturated carbocycles. The van der Waals surface area contributed by atoms with Crippen molar-refractivity contribution in [1.29, 1.82) is 0 Å². The fourth-order valence-corrected chi connectivity index (χ4v) is 7.75. The highest BCUT2D eigenvalue weighted by Crippen LogP contribution is 2.36. The summed E-state index contributed by atoms with van der Waals surface area (Å²) in [6, 6.07) is 1.52. The standard InChI is InChI=1S/C34H41F3N10O8S/c1-20(27-19-44(5)31(42-27)47(49)50)46(32(48)55-33(2,3)4)56(51,52)24-14-25-26(38-18-24)15-28(45-10-12-53-13-11-45)43-29(25)54-23-8-6-22(7-9-23)41-30-39-16-21(17-40-30)34(35,36)37/h14-20,22-23H,6-13H2,1-5H3,(H,39,40,41). The number of nitrogens with zero attached hydrogens (tertiary/aromatic N) is 9. The van der Waals surface area contributed by atoms with Crippen LogP contribution in [0.4, 0.5) is 35.7 Å². The second-order valence-electron chi connectivity index (χ2n) is 14.4. The smallest absolute Gasteiger partial charge is 0.434 e. The zero-order valence-corrected chi connectivity index (χ0v) is 32.0. The van der Waals surface area contributed by atoms with Crippen LogP contribution in [0, 0.1) is 10.1 Å². The summed E-state index contributed by atoms with van der Waals surface area (Å²) in [5.41, 5.74) is -1.76. The van der Waals surface area contributed by atoms with Crippen molar-refractivity contribution in [3.63, 3.8) is 0 Å². The topological polar surface area (TPSA) is 210 Å². The van der Waals surface area contributed by atoms with Gasteiger partial charge in [-0.1, -0.05) is 4.98 Å². The van der Waals surface area contributed by atoms with Crippen molar-refractivity contribution in [2.24, 2.45) is 7.05 Å². The summed E-state index contributed by atoms with van der Waals surface area (Å²) in [7, 11) is -3.41. The fraction of sp³-hybridized carbons (Fsp3) is 0.529. The van der Waals surface area contributed by atoms with E-state index in [2.05, 4.69) is 25.3 Å². The first-order valence-electron chi connectivity index (χ1n) is 17.7. The Kier molecular flexibility index (Phi) is 11.2. The Morgan fingerprint density at radius 2 is 1.71 bits per heavy atom. The van der Waals surface area contributed by atoms with Crippen LogP contribution in [0.15, 0.2) is 41.8 Å². The average Bonchev–Trinajstić information content (AvgIpc) is 3.53. The third-order valence-corrected chi connectivity index (χ3v) is 11.0. The number of fused-ring (bicyclic) bond motifs is 1. The second-order valence-corrected chi connectivity index (χ2v) is 16.3. The number of nitro groups is 1. The number of morpholine rings is 1. The molecular formula is C34H41F3N10O8S. The lowest BCUT2D eigenvalue weighted by Crippen LogP contribution is -2.42. The van der Waals surface area contributed by atoms with Gasteiger partial charge in [0.2, 0.25) is 11.8 Å². The summed E-state index contributed by atoms with van der Waals surface area (Å²) in [6.45, 7) is 8.09. The van der Waals surface area contributed by atoms with Crippen molar-refractivity contribution >= 4 is 44.7 Å². The van der Waals surface area contributed by atoms with Crippen molar-refractivity contribution in [3.05, 3.63) is 58.3 Å². The number of anilines is 2. The van der Waals surface area contributed by atoms with Crippen LogP contribution in [-0.4, -0.2) is 97.3 Å². The van der Waals surface area contributed by atoms with E-state index in [0.717, 1.165) is 23.2 Å². The van der Waals surface area contributed by atoms with Gasteiger partial charge in [0, 0.05) is 43.8 Å². The molecule has 18 nitrogen and oxygen atoms in total. The Morgan fingerprint density at radius 3 is 2.30 bits per heavy atom. The van der Waals surface area contributed by atoms with E-state index in [1.807, 2.05) is 4.90 Å². The van der Waals surface area contributed by atoms with Crippen molar-refractivity contribution < 1.29 is 45.5 Å². The van der Waals surface area contributed by atoms with Crippen molar-refractivity contribution in [3.8, 4) is 5.88 Å². The molecule has 0 radical (unpaired) electrons. The summed E-state index contributed by atoms with van der Waals surface area (Å²) in [5, 5.41) is 14.9. The van der Waals surface area contributed by atoms with Gasteiger partial charge in [0.15, 0.2) is 5.69 Å². The van der Waals surface area contributed by atoms with Crippen LogP contribution in [0.2, 0.25) is 0 Å². The summed E-state index contributed by atoms with van der Waals surface area (Å²) in [6.07, 6.45) is -0.209. The average molecular weight is 807 g/mol. The molecule has 302 valence electrons. The molecule has 56 heavy (non-hydrogen) atoms. The molecule has 0 bridgehead atoms. The van der Waals surface area contributed by atoms with Gasteiger partial charge in [0.25, 0.3) is 10.0 Å². The molecule has 1 atom stereocenters. The molecule has 1 amide bonds. The predicted octanol–water partition coefficient (Wildman–Crippen LogP) is 5.41. The first-order valence-corrected chi connectivity index (χ1v) is 19.1. The zero-order chi connectivity index (χ0) is 40.6. The maximum atomic E-state index is 14.5. The Balaban J connectivity index is 1.31. The van der Waals surface area contributed by atoms with Crippen molar-refractivity contribution in [2.45, 2.75) is 88.2 Å². The van der Waals surface area contributed by atoms with E-state index in [4.69, 9.17) is 19.2 Å². The van der Waals surface area contributed by atoms with Gasteiger partial charge in [-0.2, -0.15) is 22.5 Å². The molecular weight excluding hydrogens is 765 g/mol. The monoisotopic (exact) mass is 806 g/mol. The Bertz CT molecular complexity index is 2180. The maximum Gasteiger partial charge on any atom is 0.434 e. The van der Waals surface area contributed by atoms with E-state index in [-0.39, 0.29) is 35.1 Å². The number of hydrogen-bond donors (Lipinski definition) is 1. The van der Waals surface area contributed by atoms with Gasteiger partial charge in [-0.3, -0.25) is 4.98 Å². The molecule has 6 rings (SSSR count). The molecule has 1 N–H and O–H groups in total. The van der Waals surface area contributed by atoms with Crippen molar-refractivity contribution in [1.82, 2.24) is 33.8 Å². The van der Waals surface area contributed by atoms with Crippen LogP contribution in [0.5, 0.6) is 5.88 Å². The van der Waals surface area contributed by atoms with E-state index in [9.17, 15) is 36.5 Å². The molecule has 0 spiro atoms. The number of nitrogens with one attached hydrogen (secondary N) is 1. The number of sulfonamides is 1. The summed E-state index contributed by atoms with van der Waals surface area (Å²) >= 11 is 0. The van der Waals surface area contributed by atoms with Gasteiger partial charge in [-0.05, 0) is 64.4 Å². The van der Waals surface area contributed by atoms with Gasteiger partial charge < -0.3 is 34.5 Å². The minimum Gasteiger partial charge on any atom is -0.474 e. The number of aromatic nitrogens is 6. The number of aryl methyl sites for hydroxylation is 1. The number of halogens is 3. The Morgan fingerprint density at radius 1 is 1.05 bits per heavy atom. The molecule has 2 fully saturated rings. The third kappa shape index (κ3) is 9.01. The van der Waals surface area contributed by atoms with Crippen LogP contribution in [0.25, 0.3) is 10.9 Å². The summed E-state index contributed by atoms with van der Waals surface area (Å²) < 4.78 is 86.9. The minimum atomic E-state index is -4.78. The summed E-state index contributed by atoms with van der Waals surface area (Å²) in [4.78, 5) is 46.9. The van der Waals surface area contributed by atoms with Crippen LogP contribution in [0.1, 0.15) is 70.7 Å². The zero-order valence-electron chi connectivity index (χ0n) is 31.2. The Labute approximate surface area is 319 Å². The van der Waals surface area contributed by atoms with Gasteiger partial charge in [-0.25, -0.2) is 27.7 Å². The number of hydrogen-bond acceptors (Lipinski definition) is 15. The minimum absolute atomic E-state index is 0.0711. The highest BCUT2D eigenvalue weighted by atomic mass is 32.2. The predicted molar refractivity (Wildman–Crippen MR) is 193 cm³/mol. The van der Waals surface area contributed by atoms with Gasteiger partial charge in [-0.15, -0.1) is 0 Å².